The van der Waals surface area contributed by atoms with Gasteiger partial charge >= 0.3 is 0 Å². The average Bonchev–Trinajstić information content (AvgIpc) is 2.29. The molecule has 0 amide bonds. The molecule has 0 aliphatic carbocycles. The van der Waals surface area contributed by atoms with Crippen LogP contribution >= 0.6 is 11.6 Å². The highest BCUT2D eigenvalue weighted by atomic mass is 35.5. The number of hydrogen-bond donors (Lipinski definition) is 0. The quantitative estimate of drug-likeness (QED) is 0.723. The Balaban J connectivity index is 2.75. The third-order valence-corrected chi connectivity index (χ3v) is 1.81. The van der Waals surface area contributed by atoms with E-state index in [4.69, 9.17) is 11.6 Å². The van der Waals surface area contributed by atoms with E-state index in [0.717, 1.165) is 5.56 Å². The molecule has 5 heteroatoms. The molecule has 0 bridgehead atoms. The van der Waals surface area contributed by atoms with Gasteiger partial charge in [-0.3, -0.25) is 4.68 Å². The predicted molar refractivity (Wildman–Crippen MR) is 42.6 cm³/mol. The molecule has 2 nitrogen and oxygen atoms in total. The van der Waals surface area contributed by atoms with Crippen molar-refractivity contribution in [3.8, 4) is 0 Å². The van der Waals surface area contributed by atoms with Crippen molar-refractivity contribution < 1.29 is 8.78 Å². The van der Waals surface area contributed by atoms with Gasteiger partial charge in [0.25, 0.3) is 6.43 Å². The summed E-state index contributed by atoms with van der Waals surface area (Å²) >= 11 is 5.65. The number of halogens is 3. The van der Waals surface area contributed by atoms with Crippen LogP contribution < -0.4 is 0 Å². The Labute approximate surface area is 74.1 Å². The summed E-state index contributed by atoms with van der Waals surface area (Å²) in [5.41, 5.74) is 0.803. The smallest absolute Gasteiger partial charge is 0.257 e. The maximum absolute atomic E-state index is 11.9. The first kappa shape index (κ1) is 9.45. The summed E-state index contributed by atoms with van der Waals surface area (Å²) in [5.74, 6) is 0. The van der Waals surface area contributed by atoms with Gasteiger partial charge in [-0.25, -0.2) is 8.78 Å². The molecule has 1 rings (SSSR count). The summed E-state index contributed by atoms with van der Waals surface area (Å²) < 4.78 is 24.9. The van der Waals surface area contributed by atoms with Crippen LogP contribution in [-0.2, 0) is 13.0 Å². The van der Waals surface area contributed by atoms with Crippen molar-refractivity contribution in [3.63, 3.8) is 0 Å². The molecular formula is C7H9ClF2N2. The Morgan fingerprint density at radius 3 is 2.75 bits per heavy atom. The number of hydrogen-bond acceptors (Lipinski definition) is 1. The zero-order valence-corrected chi connectivity index (χ0v) is 7.35. The standard InChI is InChI=1S/C7H9ClF2N2/c1-2-5-3-12(4-6(9)10)11-7(5)8/h3,6H,2,4H2,1H3. The molecule has 0 aliphatic rings. The fraction of sp³-hybridized carbons (Fsp3) is 0.571. The van der Waals surface area contributed by atoms with Crippen LogP contribution in [0.5, 0.6) is 0 Å². The second-order valence-electron chi connectivity index (χ2n) is 2.41. The summed E-state index contributed by atoms with van der Waals surface area (Å²) in [6, 6.07) is 0. The van der Waals surface area contributed by atoms with Crippen LogP contribution in [0.3, 0.4) is 0 Å². The molecule has 1 aromatic rings. The minimum absolute atomic E-state index is 0.318. The van der Waals surface area contributed by atoms with Crippen molar-refractivity contribution >= 4 is 11.6 Å². The Kier molecular flexibility index (Phi) is 3.03. The lowest BCUT2D eigenvalue weighted by atomic mass is 10.3. The van der Waals surface area contributed by atoms with Gasteiger partial charge in [0.15, 0.2) is 5.15 Å². The lowest BCUT2D eigenvalue weighted by Gasteiger charge is -1.97. The van der Waals surface area contributed by atoms with E-state index < -0.39 is 6.43 Å². The van der Waals surface area contributed by atoms with E-state index in [1.165, 1.54) is 4.68 Å². The molecule has 0 aromatic carbocycles. The first-order valence-electron chi connectivity index (χ1n) is 3.63. The Morgan fingerprint density at radius 2 is 2.33 bits per heavy atom. The molecule has 68 valence electrons. The van der Waals surface area contributed by atoms with E-state index in [1.54, 1.807) is 6.20 Å². The van der Waals surface area contributed by atoms with Crippen LogP contribution in [0.15, 0.2) is 6.20 Å². The van der Waals surface area contributed by atoms with Gasteiger partial charge < -0.3 is 0 Å². The summed E-state index contributed by atoms with van der Waals surface area (Å²) in [5, 5.41) is 4.04. The first-order chi connectivity index (χ1) is 5.63. The molecule has 0 N–H and O–H groups in total. The highest BCUT2D eigenvalue weighted by Gasteiger charge is 2.08. The van der Waals surface area contributed by atoms with Crippen molar-refractivity contribution in [2.24, 2.45) is 0 Å². The van der Waals surface area contributed by atoms with E-state index in [2.05, 4.69) is 5.10 Å². The van der Waals surface area contributed by atoms with Crippen LogP contribution in [-0.4, -0.2) is 16.2 Å². The van der Waals surface area contributed by atoms with Crippen LogP contribution in [0.25, 0.3) is 0 Å². The van der Waals surface area contributed by atoms with E-state index >= 15 is 0 Å². The van der Waals surface area contributed by atoms with Gasteiger partial charge in [0, 0.05) is 11.8 Å². The maximum atomic E-state index is 11.9. The fourth-order valence-electron chi connectivity index (χ4n) is 0.911. The molecule has 0 saturated carbocycles. The molecule has 0 atom stereocenters. The minimum atomic E-state index is -2.38. The van der Waals surface area contributed by atoms with Gasteiger partial charge in [-0.2, -0.15) is 5.10 Å². The zero-order chi connectivity index (χ0) is 9.14. The number of alkyl halides is 2. The molecule has 0 unspecified atom stereocenters. The van der Waals surface area contributed by atoms with Crippen LogP contribution in [0.2, 0.25) is 5.15 Å². The Hall–Kier alpha value is -0.640. The van der Waals surface area contributed by atoms with Crippen LogP contribution in [0, 0.1) is 0 Å². The predicted octanol–water partition coefficient (Wildman–Crippen LogP) is 2.36. The second kappa shape index (κ2) is 3.85. The van der Waals surface area contributed by atoms with Crippen molar-refractivity contribution in [2.75, 3.05) is 0 Å². The lowest BCUT2D eigenvalue weighted by Crippen LogP contribution is -2.06. The molecule has 1 aromatic heterocycles. The van der Waals surface area contributed by atoms with E-state index in [0.29, 0.717) is 11.6 Å². The lowest BCUT2D eigenvalue weighted by molar-refractivity contribution is 0.122. The van der Waals surface area contributed by atoms with Gasteiger partial charge in [-0.15, -0.1) is 0 Å². The minimum Gasteiger partial charge on any atom is -0.265 e. The molecule has 0 radical (unpaired) electrons. The summed E-state index contributed by atoms with van der Waals surface area (Å²) in [6.07, 6.45) is -0.123. The van der Waals surface area contributed by atoms with Crippen molar-refractivity contribution in [2.45, 2.75) is 26.3 Å². The Morgan fingerprint density at radius 1 is 1.67 bits per heavy atom. The monoisotopic (exact) mass is 194 g/mol. The summed E-state index contributed by atoms with van der Waals surface area (Å²) in [6.45, 7) is 1.51. The van der Waals surface area contributed by atoms with Gasteiger partial charge in [-0.1, -0.05) is 18.5 Å². The van der Waals surface area contributed by atoms with Crippen LogP contribution in [0.1, 0.15) is 12.5 Å². The molecule has 0 spiro atoms. The third-order valence-electron chi connectivity index (χ3n) is 1.49. The topological polar surface area (TPSA) is 17.8 Å². The summed E-state index contributed by atoms with van der Waals surface area (Å²) in [7, 11) is 0. The van der Waals surface area contributed by atoms with E-state index in [1.807, 2.05) is 6.92 Å². The Bertz CT molecular complexity index is 260. The van der Waals surface area contributed by atoms with E-state index in [-0.39, 0.29) is 6.54 Å². The van der Waals surface area contributed by atoms with Gasteiger partial charge in [0.2, 0.25) is 0 Å². The van der Waals surface area contributed by atoms with Crippen molar-refractivity contribution in [1.29, 1.82) is 0 Å². The maximum Gasteiger partial charge on any atom is 0.257 e. The van der Waals surface area contributed by atoms with Gasteiger partial charge in [-0.05, 0) is 6.42 Å². The van der Waals surface area contributed by atoms with E-state index in [9.17, 15) is 8.78 Å². The number of rotatable bonds is 3. The summed E-state index contributed by atoms with van der Waals surface area (Å²) in [4.78, 5) is 0. The highest BCUT2D eigenvalue weighted by molar-refractivity contribution is 6.30. The molecule has 0 saturated heterocycles. The average molecular weight is 195 g/mol. The number of aromatic nitrogens is 2. The number of nitrogens with zero attached hydrogens (tertiary/aromatic N) is 2. The van der Waals surface area contributed by atoms with Crippen molar-refractivity contribution in [3.05, 3.63) is 16.9 Å². The first-order valence-corrected chi connectivity index (χ1v) is 4.01. The third kappa shape index (κ3) is 2.17. The second-order valence-corrected chi connectivity index (χ2v) is 2.77. The molecule has 12 heavy (non-hydrogen) atoms. The highest BCUT2D eigenvalue weighted by Crippen LogP contribution is 2.14. The molecule has 0 aliphatic heterocycles. The van der Waals surface area contributed by atoms with Crippen LogP contribution in [0.4, 0.5) is 8.78 Å². The normalized spacial score (nSPS) is 11.1. The van der Waals surface area contributed by atoms with Gasteiger partial charge in [0.05, 0.1) is 0 Å². The molecular weight excluding hydrogens is 186 g/mol. The van der Waals surface area contributed by atoms with Crippen molar-refractivity contribution in [1.82, 2.24) is 9.78 Å². The fourth-order valence-corrected chi connectivity index (χ4v) is 1.19. The SMILES string of the molecule is CCc1cn(CC(F)F)nc1Cl. The van der Waals surface area contributed by atoms with Gasteiger partial charge in [0.1, 0.15) is 6.54 Å². The molecule has 0 fully saturated rings. The largest absolute Gasteiger partial charge is 0.265 e. The number of aryl methyl sites for hydroxylation is 1. The zero-order valence-electron chi connectivity index (χ0n) is 6.60. The molecule has 1 heterocycles.